The number of fused-ring (bicyclic) bond motifs is 1. The van der Waals surface area contributed by atoms with E-state index in [9.17, 15) is 13.2 Å². The molecule has 0 aromatic heterocycles. The lowest BCUT2D eigenvalue weighted by Gasteiger charge is -2.41. The Morgan fingerprint density at radius 2 is 1.59 bits per heavy atom. The van der Waals surface area contributed by atoms with Crippen LogP contribution in [-0.2, 0) is 16.6 Å². The first kappa shape index (κ1) is 26.7. The Bertz CT molecular complexity index is 1360. The number of nitrogens with zero attached hydrogens (tertiary/aromatic N) is 1. The molecule has 0 fully saturated rings. The van der Waals surface area contributed by atoms with E-state index in [4.69, 9.17) is 4.74 Å². The molecular formula is C30H36N2O4S. The third-order valence-corrected chi connectivity index (χ3v) is 8.53. The minimum absolute atomic E-state index is 0.151. The molecular weight excluding hydrogens is 484 g/mol. The van der Waals surface area contributed by atoms with E-state index in [2.05, 4.69) is 19.2 Å². The highest BCUT2D eigenvalue weighted by atomic mass is 32.2. The Balaban J connectivity index is 1.54. The van der Waals surface area contributed by atoms with Crippen LogP contribution in [0.2, 0.25) is 0 Å². The molecule has 0 aliphatic carbocycles. The second-order valence-corrected chi connectivity index (χ2v) is 11.9. The maximum Gasteiger partial charge on any atom is 0.251 e. The van der Waals surface area contributed by atoms with Gasteiger partial charge in [-0.05, 0) is 61.6 Å². The third kappa shape index (κ3) is 5.67. The van der Waals surface area contributed by atoms with Crippen LogP contribution >= 0.6 is 0 Å². The van der Waals surface area contributed by atoms with Crippen molar-refractivity contribution in [3.8, 4) is 5.75 Å². The Morgan fingerprint density at radius 3 is 2.19 bits per heavy atom. The van der Waals surface area contributed by atoms with Crippen LogP contribution in [0, 0.1) is 13.8 Å². The van der Waals surface area contributed by atoms with Gasteiger partial charge >= 0.3 is 0 Å². The molecule has 1 aliphatic heterocycles. The number of carbonyl (C=O) groups is 1. The van der Waals surface area contributed by atoms with E-state index < -0.39 is 10.0 Å². The maximum atomic E-state index is 13.3. The Labute approximate surface area is 220 Å². The van der Waals surface area contributed by atoms with Gasteiger partial charge in [-0.25, -0.2) is 8.42 Å². The van der Waals surface area contributed by atoms with E-state index in [0.717, 1.165) is 40.8 Å². The van der Waals surface area contributed by atoms with E-state index in [1.165, 1.54) is 10.6 Å². The molecule has 1 aliphatic rings. The lowest BCUT2D eigenvalue weighted by molar-refractivity contribution is 0.0227. The van der Waals surface area contributed by atoms with Crippen molar-refractivity contribution in [2.24, 2.45) is 0 Å². The number of anilines is 1. The van der Waals surface area contributed by atoms with Crippen molar-refractivity contribution < 1.29 is 17.9 Å². The van der Waals surface area contributed by atoms with E-state index in [1.54, 1.807) is 12.1 Å². The molecule has 0 spiro atoms. The van der Waals surface area contributed by atoms with Crippen LogP contribution in [0.3, 0.4) is 0 Å². The number of rotatable bonds is 8. The summed E-state index contributed by atoms with van der Waals surface area (Å²) in [7, 11) is -3.51. The molecule has 37 heavy (non-hydrogen) atoms. The summed E-state index contributed by atoms with van der Waals surface area (Å²) in [6.45, 7) is 8.25. The highest BCUT2D eigenvalue weighted by molar-refractivity contribution is 7.92. The van der Waals surface area contributed by atoms with E-state index in [0.29, 0.717) is 17.7 Å². The number of carbonyl (C=O) groups excluding carboxylic acids is 1. The van der Waals surface area contributed by atoms with Crippen LogP contribution in [0.1, 0.15) is 71.8 Å². The van der Waals surface area contributed by atoms with Crippen molar-refractivity contribution >= 4 is 21.6 Å². The van der Waals surface area contributed by atoms with Crippen LogP contribution in [-0.4, -0.2) is 26.2 Å². The summed E-state index contributed by atoms with van der Waals surface area (Å²) in [5.41, 5.74) is 4.50. The highest BCUT2D eigenvalue weighted by Gasteiger charge is 2.39. The van der Waals surface area contributed by atoms with Gasteiger partial charge < -0.3 is 10.1 Å². The average Bonchev–Trinajstić information content (AvgIpc) is 2.87. The molecule has 1 amide bonds. The molecule has 196 valence electrons. The summed E-state index contributed by atoms with van der Waals surface area (Å²) in [5.74, 6) is 0.662. The average molecular weight is 521 g/mol. The normalized spacial score (nSPS) is 16.4. The van der Waals surface area contributed by atoms with Crippen LogP contribution < -0.4 is 14.4 Å². The standard InChI is InChI=1S/C30H36N2O4S/c1-6-30(7-2)19-26(25-13-8-9-14-27(25)36-30)31-29(33)24-17-15-23(16-18-24)20-32(37(5,34)35)28-21(3)11-10-12-22(28)4/h8-18,26H,6-7,19-20H2,1-5H3,(H,31,33). The molecule has 7 heteroatoms. The number of aryl methyl sites for hydroxylation is 2. The number of sulfonamides is 1. The van der Waals surface area contributed by atoms with Gasteiger partial charge in [-0.15, -0.1) is 0 Å². The van der Waals surface area contributed by atoms with Gasteiger partial charge in [-0.2, -0.15) is 0 Å². The maximum absolute atomic E-state index is 13.3. The second-order valence-electron chi connectivity index (χ2n) is 9.97. The quantitative estimate of drug-likeness (QED) is 0.390. The minimum Gasteiger partial charge on any atom is -0.487 e. The second kappa shape index (κ2) is 10.6. The van der Waals surface area contributed by atoms with Gasteiger partial charge in [0, 0.05) is 17.5 Å². The molecule has 0 saturated heterocycles. The Morgan fingerprint density at radius 1 is 0.973 bits per heavy atom. The molecule has 3 aromatic carbocycles. The lowest BCUT2D eigenvalue weighted by Crippen LogP contribution is -2.44. The molecule has 4 rings (SSSR count). The Hall–Kier alpha value is -3.32. The van der Waals surface area contributed by atoms with Crippen molar-refractivity contribution in [3.63, 3.8) is 0 Å². The minimum atomic E-state index is -3.51. The smallest absolute Gasteiger partial charge is 0.251 e. The first-order chi connectivity index (χ1) is 17.6. The first-order valence-electron chi connectivity index (χ1n) is 12.8. The molecule has 0 saturated carbocycles. The van der Waals surface area contributed by atoms with Crippen molar-refractivity contribution in [2.45, 2.75) is 65.1 Å². The summed E-state index contributed by atoms with van der Waals surface area (Å²) < 4.78 is 33.2. The van der Waals surface area contributed by atoms with Gasteiger partial charge in [0.1, 0.15) is 11.4 Å². The number of amides is 1. The van der Waals surface area contributed by atoms with E-state index >= 15 is 0 Å². The molecule has 1 heterocycles. The number of para-hydroxylation sites is 2. The van der Waals surface area contributed by atoms with Gasteiger partial charge in [0.15, 0.2) is 0 Å². The van der Waals surface area contributed by atoms with Crippen molar-refractivity contribution in [2.75, 3.05) is 10.6 Å². The van der Waals surface area contributed by atoms with Crippen molar-refractivity contribution in [1.82, 2.24) is 5.32 Å². The van der Waals surface area contributed by atoms with Crippen LogP contribution in [0.5, 0.6) is 5.75 Å². The van der Waals surface area contributed by atoms with Gasteiger partial charge in [-0.3, -0.25) is 9.10 Å². The van der Waals surface area contributed by atoms with Crippen molar-refractivity contribution in [1.29, 1.82) is 0 Å². The fourth-order valence-corrected chi connectivity index (χ4v) is 6.16. The SMILES string of the molecule is CCC1(CC)CC(NC(=O)c2ccc(CN(c3c(C)cccc3C)S(C)(=O)=O)cc2)c2ccccc2O1. The van der Waals surface area contributed by atoms with E-state index in [-0.39, 0.29) is 24.1 Å². The number of hydrogen-bond donors (Lipinski definition) is 1. The van der Waals surface area contributed by atoms with Crippen LogP contribution in [0.15, 0.2) is 66.7 Å². The van der Waals surface area contributed by atoms with Crippen molar-refractivity contribution in [3.05, 3.63) is 94.5 Å². The first-order valence-corrected chi connectivity index (χ1v) is 14.6. The Kier molecular flexibility index (Phi) is 7.64. The molecule has 6 nitrogen and oxygen atoms in total. The van der Waals surface area contributed by atoms with Gasteiger partial charge in [0.2, 0.25) is 10.0 Å². The predicted octanol–water partition coefficient (Wildman–Crippen LogP) is 6.08. The summed E-state index contributed by atoms with van der Waals surface area (Å²) in [4.78, 5) is 13.3. The fourth-order valence-electron chi connectivity index (χ4n) is 5.16. The lowest BCUT2D eigenvalue weighted by atomic mass is 9.83. The largest absolute Gasteiger partial charge is 0.487 e. The monoisotopic (exact) mass is 520 g/mol. The zero-order valence-electron chi connectivity index (χ0n) is 22.2. The highest BCUT2D eigenvalue weighted by Crippen LogP contribution is 2.42. The summed E-state index contributed by atoms with van der Waals surface area (Å²) in [6, 6.07) is 20.6. The molecule has 0 bridgehead atoms. The summed E-state index contributed by atoms with van der Waals surface area (Å²) in [5, 5.41) is 3.21. The molecule has 1 atom stereocenters. The zero-order chi connectivity index (χ0) is 26.8. The van der Waals surface area contributed by atoms with Gasteiger partial charge in [0.25, 0.3) is 5.91 Å². The summed E-state index contributed by atoms with van der Waals surface area (Å²) >= 11 is 0. The predicted molar refractivity (Wildman–Crippen MR) is 149 cm³/mol. The topological polar surface area (TPSA) is 75.7 Å². The number of benzene rings is 3. The van der Waals surface area contributed by atoms with Gasteiger partial charge in [0.05, 0.1) is 24.5 Å². The van der Waals surface area contributed by atoms with E-state index in [1.807, 2.05) is 68.4 Å². The van der Waals surface area contributed by atoms with Crippen LogP contribution in [0.4, 0.5) is 5.69 Å². The fraction of sp³-hybridized carbons (Fsp3) is 0.367. The molecule has 1 N–H and O–H groups in total. The number of nitrogens with one attached hydrogen (secondary N) is 1. The zero-order valence-corrected chi connectivity index (χ0v) is 23.1. The summed E-state index contributed by atoms with van der Waals surface area (Å²) in [6.07, 6.45) is 3.64. The number of hydrogen-bond acceptors (Lipinski definition) is 4. The molecule has 0 radical (unpaired) electrons. The molecule has 1 unspecified atom stereocenters. The van der Waals surface area contributed by atoms with Crippen LogP contribution in [0.25, 0.3) is 0 Å². The van der Waals surface area contributed by atoms with Gasteiger partial charge in [-0.1, -0.05) is 62.4 Å². The molecule has 3 aromatic rings. The third-order valence-electron chi connectivity index (χ3n) is 7.42. The number of ether oxygens (including phenoxy) is 1.